The number of thiocarbonyl (C=S) groups is 1. The van der Waals surface area contributed by atoms with E-state index < -0.39 is 0 Å². The van der Waals surface area contributed by atoms with E-state index in [-0.39, 0.29) is 0 Å². The van der Waals surface area contributed by atoms with Crippen LogP contribution in [0.15, 0.2) is 24.3 Å². The van der Waals surface area contributed by atoms with Crippen molar-refractivity contribution in [2.24, 2.45) is 5.73 Å². The van der Waals surface area contributed by atoms with Gasteiger partial charge in [-0.15, -0.1) is 0 Å². The lowest BCUT2D eigenvalue weighted by Gasteiger charge is -2.16. The largest absolute Gasteiger partial charge is 0.392 e. The summed E-state index contributed by atoms with van der Waals surface area (Å²) in [5.41, 5.74) is 8.17. The van der Waals surface area contributed by atoms with Crippen LogP contribution in [0.5, 0.6) is 0 Å². The Bertz CT molecular complexity index is 343. The molecular weight excluding hydrogens is 216 g/mol. The molecule has 0 bridgehead atoms. The zero-order valence-corrected chi connectivity index (χ0v) is 11.1. The van der Waals surface area contributed by atoms with E-state index in [1.165, 1.54) is 11.1 Å². The number of rotatable bonds is 5. The summed E-state index contributed by atoms with van der Waals surface area (Å²) in [7, 11) is 2.02. The first-order valence-electron chi connectivity index (χ1n) is 5.54. The van der Waals surface area contributed by atoms with Crippen molar-refractivity contribution in [3.63, 3.8) is 0 Å². The molecule has 3 heteroatoms. The van der Waals surface area contributed by atoms with Gasteiger partial charge in [0.2, 0.25) is 0 Å². The van der Waals surface area contributed by atoms with E-state index in [1.807, 2.05) is 7.05 Å². The van der Waals surface area contributed by atoms with E-state index in [9.17, 15) is 0 Å². The maximum Gasteiger partial charge on any atom is 0.0870 e. The minimum absolute atomic E-state index is 0.543. The van der Waals surface area contributed by atoms with Gasteiger partial charge in [0.05, 0.1) is 4.99 Å². The Morgan fingerprint density at radius 3 is 2.31 bits per heavy atom. The van der Waals surface area contributed by atoms with Crippen LogP contribution in [0.1, 0.15) is 30.9 Å². The quantitative estimate of drug-likeness (QED) is 0.797. The Hall–Kier alpha value is -0.930. The van der Waals surface area contributed by atoms with Gasteiger partial charge in [0.25, 0.3) is 0 Å². The molecule has 0 heterocycles. The predicted octanol–water partition coefficient (Wildman–Crippen LogP) is 2.53. The Morgan fingerprint density at radius 1 is 1.31 bits per heavy atom. The summed E-state index contributed by atoms with van der Waals surface area (Å²) in [6, 6.07) is 8.72. The third kappa shape index (κ3) is 4.29. The molecule has 0 aliphatic rings. The van der Waals surface area contributed by atoms with Crippen LogP contribution in [0.3, 0.4) is 0 Å². The highest BCUT2D eigenvalue weighted by Gasteiger charge is 2.03. The Balaban J connectivity index is 2.58. The standard InChI is InChI=1S/C13H20N2S/c1-10(2)12-6-4-11(5-7-12)8-15(3)9-13(14)16/h4-7,10H,8-9H2,1-3H3,(H2,14,16). The number of nitrogens with two attached hydrogens (primary N) is 1. The third-order valence-corrected chi connectivity index (χ3v) is 2.65. The highest BCUT2D eigenvalue weighted by molar-refractivity contribution is 7.80. The minimum Gasteiger partial charge on any atom is -0.392 e. The summed E-state index contributed by atoms with van der Waals surface area (Å²) in [6.07, 6.45) is 0. The van der Waals surface area contributed by atoms with Crippen LogP contribution in [0.2, 0.25) is 0 Å². The molecule has 0 saturated heterocycles. The summed E-state index contributed by atoms with van der Waals surface area (Å²) in [4.78, 5) is 2.66. The van der Waals surface area contributed by atoms with Crippen molar-refractivity contribution in [1.29, 1.82) is 0 Å². The third-order valence-electron chi connectivity index (χ3n) is 2.52. The van der Waals surface area contributed by atoms with Gasteiger partial charge in [-0.1, -0.05) is 50.3 Å². The number of benzene rings is 1. The van der Waals surface area contributed by atoms with Crippen molar-refractivity contribution in [2.45, 2.75) is 26.3 Å². The van der Waals surface area contributed by atoms with E-state index in [0.29, 0.717) is 17.5 Å². The van der Waals surface area contributed by atoms with E-state index in [0.717, 1.165) is 6.54 Å². The summed E-state index contributed by atoms with van der Waals surface area (Å²) >= 11 is 4.88. The van der Waals surface area contributed by atoms with E-state index >= 15 is 0 Å². The van der Waals surface area contributed by atoms with E-state index in [1.54, 1.807) is 0 Å². The van der Waals surface area contributed by atoms with Gasteiger partial charge in [-0.2, -0.15) is 0 Å². The molecule has 1 rings (SSSR count). The lowest BCUT2D eigenvalue weighted by Crippen LogP contribution is -2.28. The van der Waals surface area contributed by atoms with Crippen molar-refractivity contribution in [3.05, 3.63) is 35.4 Å². The van der Waals surface area contributed by atoms with Crippen LogP contribution in [0, 0.1) is 0 Å². The Morgan fingerprint density at radius 2 is 1.88 bits per heavy atom. The summed E-state index contributed by atoms with van der Waals surface area (Å²) in [5, 5.41) is 0. The molecule has 1 aromatic carbocycles. The molecule has 0 atom stereocenters. The van der Waals surface area contributed by atoms with Gasteiger partial charge < -0.3 is 5.73 Å². The van der Waals surface area contributed by atoms with Crippen molar-refractivity contribution >= 4 is 17.2 Å². The lowest BCUT2D eigenvalue weighted by molar-refractivity contribution is 0.374. The summed E-state index contributed by atoms with van der Waals surface area (Å²) < 4.78 is 0. The first kappa shape index (κ1) is 13.1. The van der Waals surface area contributed by atoms with Crippen LogP contribution in [0.25, 0.3) is 0 Å². The van der Waals surface area contributed by atoms with Crippen molar-refractivity contribution in [3.8, 4) is 0 Å². The maximum absolute atomic E-state index is 5.50. The molecule has 2 nitrogen and oxygen atoms in total. The van der Waals surface area contributed by atoms with Crippen LogP contribution in [-0.2, 0) is 6.54 Å². The predicted molar refractivity (Wildman–Crippen MR) is 73.7 cm³/mol. The number of nitrogens with zero attached hydrogens (tertiary/aromatic N) is 1. The fourth-order valence-corrected chi connectivity index (χ4v) is 1.86. The molecule has 2 N–H and O–H groups in total. The van der Waals surface area contributed by atoms with Gasteiger partial charge in [-0.3, -0.25) is 4.90 Å². The highest BCUT2D eigenvalue weighted by Crippen LogP contribution is 2.15. The zero-order valence-electron chi connectivity index (χ0n) is 10.2. The second-order valence-corrected chi connectivity index (χ2v) is 5.06. The van der Waals surface area contributed by atoms with Crippen molar-refractivity contribution < 1.29 is 0 Å². The number of likely N-dealkylation sites (N-methyl/N-ethyl adjacent to an activating group) is 1. The second-order valence-electron chi connectivity index (χ2n) is 4.53. The molecule has 0 fully saturated rings. The van der Waals surface area contributed by atoms with Gasteiger partial charge in [0, 0.05) is 13.1 Å². The number of hydrogen-bond acceptors (Lipinski definition) is 2. The average Bonchev–Trinajstić information content (AvgIpc) is 2.16. The molecule has 88 valence electrons. The van der Waals surface area contributed by atoms with E-state index in [4.69, 9.17) is 18.0 Å². The highest BCUT2D eigenvalue weighted by atomic mass is 32.1. The first-order chi connectivity index (χ1) is 7.49. The Kier molecular flexibility index (Phi) is 4.90. The van der Waals surface area contributed by atoms with Crippen molar-refractivity contribution in [1.82, 2.24) is 4.90 Å². The van der Waals surface area contributed by atoms with Gasteiger partial charge in [0.15, 0.2) is 0 Å². The molecular formula is C13H20N2S. The molecule has 0 radical (unpaired) electrons. The molecule has 0 saturated carbocycles. The van der Waals surface area contributed by atoms with Crippen LogP contribution in [-0.4, -0.2) is 23.5 Å². The molecule has 0 aliphatic heterocycles. The van der Waals surface area contributed by atoms with Gasteiger partial charge in [-0.25, -0.2) is 0 Å². The second kappa shape index (κ2) is 5.97. The van der Waals surface area contributed by atoms with Gasteiger partial charge >= 0.3 is 0 Å². The van der Waals surface area contributed by atoms with Gasteiger partial charge in [0.1, 0.15) is 0 Å². The SMILES string of the molecule is CC(C)c1ccc(CN(C)CC(N)=S)cc1. The van der Waals surface area contributed by atoms with Crippen LogP contribution in [0.4, 0.5) is 0 Å². The molecule has 0 unspecified atom stereocenters. The molecule has 0 aliphatic carbocycles. The fourth-order valence-electron chi connectivity index (χ4n) is 1.64. The first-order valence-corrected chi connectivity index (χ1v) is 5.95. The molecule has 1 aromatic rings. The Labute approximate surface area is 103 Å². The average molecular weight is 236 g/mol. The smallest absolute Gasteiger partial charge is 0.0870 e. The normalized spacial score (nSPS) is 11.1. The molecule has 16 heavy (non-hydrogen) atoms. The monoisotopic (exact) mass is 236 g/mol. The molecule has 0 aromatic heterocycles. The van der Waals surface area contributed by atoms with Gasteiger partial charge in [-0.05, 0) is 24.1 Å². The van der Waals surface area contributed by atoms with Crippen molar-refractivity contribution in [2.75, 3.05) is 13.6 Å². The number of hydrogen-bond donors (Lipinski definition) is 1. The summed E-state index contributed by atoms with van der Waals surface area (Å²) in [5.74, 6) is 0.586. The van der Waals surface area contributed by atoms with Crippen LogP contribution >= 0.6 is 12.2 Å². The summed E-state index contributed by atoms with van der Waals surface area (Å²) in [6.45, 7) is 5.96. The van der Waals surface area contributed by atoms with Crippen LogP contribution < -0.4 is 5.73 Å². The fraction of sp³-hybridized carbons (Fsp3) is 0.462. The molecule has 0 spiro atoms. The lowest BCUT2D eigenvalue weighted by atomic mass is 10.0. The maximum atomic E-state index is 5.50. The topological polar surface area (TPSA) is 29.3 Å². The molecule has 0 amide bonds. The van der Waals surface area contributed by atoms with E-state index in [2.05, 4.69) is 43.0 Å². The minimum atomic E-state index is 0.543. The zero-order chi connectivity index (χ0) is 12.1.